The molecule has 0 saturated carbocycles. The van der Waals surface area contributed by atoms with Crippen molar-refractivity contribution in [2.24, 2.45) is 5.73 Å². The number of hydrogen-bond donors (Lipinski definition) is 3. The van der Waals surface area contributed by atoms with Gasteiger partial charge in [-0.05, 0) is 13.3 Å². The van der Waals surface area contributed by atoms with Gasteiger partial charge in [0.1, 0.15) is 6.33 Å². The van der Waals surface area contributed by atoms with Crippen LogP contribution in [0.2, 0.25) is 0 Å². The Morgan fingerprint density at radius 1 is 1.33 bits per heavy atom. The summed E-state index contributed by atoms with van der Waals surface area (Å²) in [5.41, 5.74) is 7.02. The predicted molar refractivity (Wildman–Crippen MR) is 89.0 cm³/mol. The Labute approximate surface area is 131 Å². The number of fused-ring (bicyclic) bond motifs is 1. The molecule has 2 rings (SSSR count). The number of nitrogens with two attached hydrogens (primary N) is 1. The molecule has 0 saturated heterocycles. The fraction of sp³-hybridized carbons (Fsp3) is 0.417. The van der Waals surface area contributed by atoms with Crippen LogP contribution in [0, 0.1) is 10.8 Å². The lowest BCUT2D eigenvalue weighted by molar-refractivity contribution is 0.621. The van der Waals surface area contributed by atoms with Crippen LogP contribution in [0.3, 0.4) is 0 Å². The van der Waals surface area contributed by atoms with Crippen molar-refractivity contribution in [2.75, 3.05) is 5.75 Å². The molecule has 7 nitrogen and oxygen atoms in total. The topological polar surface area (TPSA) is 117 Å². The van der Waals surface area contributed by atoms with Gasteiger partial charge in [0.2, 0.25) is 0 Å². The average Bonchev–Trinajstić information content (AvgIpc) is 2.85. The minimum Gasteiger partial charge on any atom is -0.379 e. The molecular weight excluding hydrogens is 306 g/mol. The van der Waals surface area contributed by atoms with Crippen LogP contribution in [0.5, 0.6) is 0 Å². The average molecular weight is 323 g/mol. The lowest BCUT2D eigenvalue weighted by Gasteiger charge is -2.04. The van der Waals surface area contributed by atoms with Crippen LogP contribution in [0.4, 0.5) is 0 Å². The Bertz CT molecular complexity index is 652. The summed E-state index contributed by atoms with van der Waals surface area (Å²) in [4.78, 5) is 8.58. The van der Waals surface area contributed by atoms with Gasteiger partial charge in [-0.1, -0.05) is 11.8 Å². The number of nitrogens with one attached hydrogen (secondary N) is 2. The van der Waals surface area contributed by atoms with Gasteiger partial charge in [-0.15, -0.1) is 11.8 Å². The van der Waals surface area contributed by atoms with Crippen LogP contribution in [-0.2, 0) is 12.3 Å². The highest BCUT2D eigenvalue weighted by Crippen LogP contribution is 2.19. The number of nitrogens with zero attached hydrogens (tertiary/aromatic N) is 4. The molecular formula is C12H17N7S2. The molecule has 0 fully saturated rings. The molecule has 0 atom stereocenters. The fourth-order valence-electron chi connectivity index (χ4n) is 1.79. The molecule has 0 aromatic carbocycles. The molecule has 0 aliphatic rings. The van der Waals surface area contributed by atoms with Crippen LogP contribution < -0.4 is 5.73 Å². The van der Waals surface area contributed by atoms with Gasteiger partial charge in [0.25, 0.3) is 0 Å². The minimum atomic E-state index is 0.143. The Morgan fingerprint density at radius 2 is 2.14 bits per heavy atom. The van der Waals surface area contributed by atoms with E-state index in [9.17, 15) is 0 Å². The van der Waals surface area contributed by atoms with E-state index in [4.69, 9.17) is 16.6 Å². The summed E-state index contributed by atoms with van der Waals surface area (Å²) in [7, 11) is 0. The second-order valence-corrected chi connectivity index (χ2v) is 6.66. The van der Waals surface area contributed by atoms with E-state index in [0.29, 0.717) is 10.8 Å². The fourth-order valence-corrected chi connectivity index (χ4v) is 2.87. The van der Waals surface area contributed by atoms with Crippen molar-refractivity contribution in [2.45, 2.75) is 25.6 Å². The van der Waals surface area contributed by atoms with Gasteiger partial charge in [-0.3, -0.25) is 10.8 Å². The quantitative estimate of drug-likeness (QED) is 0.425. The second-order valence-electron chi connectivity index (χ2n) is 4.34. The van der Waals surface area contributed by atoms with Crippen molar-refractivity contribution in [1.82, 2.24) is 19.7 Å². The summed E-state index contributed by atoms with van der Waals surface area (Å²) < 4.78 is 1.85. The maximum absolute atomic E-state index is 7.47. The van der Waals surface area contributed by atoms with Crippen LogP contribution in [0.25, 0.3) is 11.0 Å². The van der Waals surface area contributed by atoms with Crippen molar-refractivity contribution >= 4 is 44.8 Å². The van der Waals surface area contributed by atoms with Crippen LogP contribution in [-0.4, -0.2) is 35.7 Å². The molecule has 112 valence electrons. The number of rotatable bonds is 6. The molecule has 2 heterocycles. The molecule has 0 unspecified atom stereocenters. The number of amidine groups is 1. The lowest BCUT2D eigenvalue weighted by atomic mass is 10.3. The maximum atomic E-state index is 7.47. The molecule has 0 radical (unpaired) electrons. The third kappa shape index (κ3) is 4.43. The highest BCUT2D eigenvalue weighted by molar-refractivity contribution is 8.13. The van der Waals surface area contributed by atoms with E-state index in [1.54, 1.807) is 19.4 Å². The Hall–Kier alpha value is -1.61. The first-order chi connectivity index (χ1) is 10.1. The first-order valence-corrected chi connectivity index (χ1v) is 8.35. The number of hydrogen-bond acceptors (Lipinski definition) is 7. The summed E-state index contributed by atoms with van der Waals surface area (Å²) in [6.07, 6.45) is 4.19. The largest absolute Gasteiger partial charge is 0.379 e. The standard InChI is InChI=1S/C12H17N7S2/c1-8(13)21-6-10-9-5-18-19(11(9)17-7-16-10)3-2-4-20-12(14)15/h5,7,13H,2-4,6H2,1H3,(H3,14,15). The molecule has 0 amide bonds. The zero-order valence-electron chi connectivity index (χ0n) is 11.7. The Morgan fingerprint density at radius 3 is 2.86 bits per heavy atom. The lowest BCUT2D eigenvalue weighted by Crippen LogP contribution is -2.07. The second kappa shape index (κ2) is 7.41. The highest BCUT2D eigenvalue weighted by atomic mass is 32.2. The minimum absolute atomic E-state index is 0.143. The van der Waals surface area contributed by atoms with Gasteiger partial charge >= 0.3 is 0 Å². The Balaban J connectivity index is 2.07. The molecule has 0 aliphatic heterocycles. The molecule has 0 aliphatic carbocycles. The van der Waals surface area contributed by atoms with Gasteiger partial charge in [-0.25, -0.2) is 14.6 Å². The number of thioether (sulfide) groups is 2. The molecule has 2 aromatic heterocycles. The summed E-state index contributed by atoms with van der Waals surface area (Å²) in [5.74, 6) is 1.44. The summed E-state index contributed by atoms with van der Waals surface area (Å²) in [5, 5.41) is 20.6. The normalized spacial score (nSPS) is 10.9. The number of aryl methyl sites for hydroxylation is 1. The van der Waals surface area contributed by atoms with Crippen molar-refractivity contribution in [1.29, 1.82) is 10.8 Å². The molecule has 2 aromatic rings. The summed E-state index contributed by atoms with van der Waals surface area (Å²) >= 11 is 2.78. The van der Waals surface area contributed by atoms with E-state index in [0.717, 1.165) is 35.4 Å². The van der Waals surface area contributed by atoms with E-state index in [2.05, 4.69) is 15.1 Å². The van der Waals surface area contributed by atoms with E-state index >= 15 is 0 Å². The SMILES string of the molecule is CC(=N)SCc1ncnc2c1cnn2CCCSC(=N)N. The van der Waals surface area contributed by atoms with Gasteiger partial charge in [0.15, 0.2) is 10.8 Å². The molecule has 0 bridgehead atoms. The predicted octanol–water partition coefficient (Wildman–Crippen LogP) is 2.07. The third-order valence-electron chi connectivity index (χ3n) is 2.71. The van der Waals surface area contributed by atoms with Gasteiger partial charge < -0.3 is 5.73 Å². The smallest absolute Gasteiger partial charge is 0.161 e. The van der Waals surface area contributed by atoms with E-state index < -0.39 is 0 Å². The van der Waals surface area contributed by atoms with Gasteiger partial charge in [-0.2, -0.15) is 5.10 Å². The van der Waals surface area contributed by atoms with Crippen molar-refractivity contribution in [3.63, 3.8) is 0 Å². The number of aromatic nitrogens is 4. The molecule has 0 spiro atoms. The van der Waals surface area contributed by atoms with Gasteiger partial charge in [0, 0.05) is 18.1 Å². The molecule has 9 heteroatoms. The maximum Gasteiger partial charge on any atom is 0.161 e. The summed E-state index contributed by atoms with van der Waals surface area (Å²) in [6, 6.07) is 0. The van der Waals surface area contributed by atoms with E-state index in [1.165, 1.54) is 23.5 Å². The van der Waals surface area contributed by atoms with E-state index in [1.807, 2.05) is 4.68 Å². The first-order valence-electron chi connectivity index (χ1n) is 6.38. The highest BCUT2D eigenvalue weighted by Gasteiger charge is 2.10. The zero-order valence-corrected chi connectivity index (χ0v) is 13.3. The summed E-state index contributed by atoms with van der Waals surface area (Å²) in [6.45, 7) is 2.50. The third-order valence-corrected chi connectivity index (χ3v) is 4.37. The molecule has 4 N–H and O–H groups in total. The first kappa shape index (κ1) is 15.8. The molecule has 21 heavy (non-hydrogen) atoms. The van der Waals surface area contributed by atoms with Crippen LogP contribution in [0.15, 0.2) is 12.5 Å². The van der Waals surface area contributed by atoms with E-state index in [-0.39, 0.29) is 5.17 Å². The monoisotopic (exact) mass is 323 g/mol. The Kier molecular flexibility index (Phi) is 5.57. The zero-order chi connectivity index (χ0) is 15.2. The van der Waals surface area contributed by atoms with Crippen molar-refractivity contribution < 1.29 is 0 Å². The van der Waals surface area contributed by atoms with Crippen LogP contribution >= 0.6 is 23.5 Å². The van der Waals surface area contributed by atoms with Crippen molar-refractivity contribution in [3.05, 3.63) is 18.2 Å². The van der Waals surface area contributed by atoms with Crippen LogP contribution in [0.1, 0.15) is 19.0 Å². The van der Waals surface area contributed by atoms with Crippen molar-refractivity contribution in [3.8, 4) is 0 Å². The van der Waals surface area contributed by atoms with Gasteiger partial charge in [0.05, 0.1) is 22.3 Å².